The van der Waals surface area contributed by atoms with Gasteiger partial charge in [-0.05, 0) is 19.3 Å². The van der Waals surface area contributed by atoms with Gasteiger partial charge in [-0.25, -0.2) is 0 Å². The van der Waals surface area contributed by atoms with Gasteiger partial charge in [0.05, 0.1) is 6.54 Å². The van der Waals surface area contributed by atoms with Crippen molar-refractivity contribution in [2.75, 3.05) is 27.3 Å². The number of hydrogen-bond acceptors (Lipinski definition) is 3. The van der Waals surface area contributed by atoms with Crippen LogP contribution < -0.4 is 0 Å². The number of unbranched alkanes of at least 4 members (excludes halogenated alkanes) is 2. The topological polar surface area (TPSA) is 77.5 Å². The molecule has 0 aromatic heterocycles. The molecule has 0 aromatic carbocycles. The molecular weight excluding hydrogens is 188 g/mol. The summed E-state index contributed by atoms with van der Waals surface area (Å²) < 4.78 is 0. The predicted octanol–water partition coefficient (Wildman–Crippen LogP) is 0.703. The Hall–Kier alpha value is -1.24. The van der Waals surface area contributed by atoms with Gasteiger partial charge in [-0.15, -0.1) is 0 Å². The van der Waals surface area contributed by atoms with E-state index < -0.39 is 0 Å². The summed E-state index contributed by atoms with van der Waals surface area (Å²) in [7, 11) is 3.13. The van der Waals surface area contributed by atoms with Crippen LogP contribution in [0.3, 0.4) is 0 Å². The number of rotatable bonds is 8. The maximum atomic E-state index is 9.86. The third-order valence-electron chi connectivity index (χ3n) is 1.71. The van der Waals surface area contributed by atoms with E-state index in [-0.39, 0.29) is 6.61 Å². The fraction of sp³-hybridized carbons (Fsp3) is 1.00. The summed E-state index contributed by atoms with van der Waals surface area (Å²) in [5.74, 6) is 0. The third-order valence-corrected chi connectivity index (χ3v) is 1.71. The summed E-state index contributed by atoms with van der Waals surface area (Å²) in [5, 5.41) is 15.7. The molecule has 7 nitrogen and oxygen atoms in total. The van der Waals surface area contributed by atoms with Gasteiger partial charge in [0.2, 0.25) is 0 Å². The average molecular weight is 205 g/mol. The first-order chi connectivity index (χ1) is 6.76. The van der Waals surface area contributed by atoms with Crippen LogP contribution in [0, 0.1) is 4.91 Å². The first-order valence-corrected chi connectivity index (χ1v) is 4.45. The molecule has 0 spiro atoms. The first kappa shape index (κ1) is 12.8. The van der Waals surface area contributed by atoms with E-state index >= 15 is 0 Å². The van der Waals surface area contributed by atoms with Crippen molar-refractivity contribution in [1.29, 1.82) is 0 Å². The predicted molar refractivity (Wildman–Crippen MR) is 49.1 cm³/mol. The van der Waals surface area contributed by atoms with Gasteiger partial charge < -0.3 is 9.94 Å². The molecule has 0 aliphatic heterocycles. The Morgan fingerprint density at radius 1 is 1.43 bits per heavy atom. The minimum Gasteiger partial charge on any atom is -0.396 e. The molecule has 1 N–H and O–H groups in total. The van der Waals surface area contributed by atoms with E-state index in [9.17, 15) is 4.91 Å². The lowest BCUT2D eigenvalue weighted by Gasteiger charge is -2.12. The molecule has 0 unspecified atom stereocenters. The Morgan fingerprint density at radius 3 is 2.64 bits per heavy atom. The lowest BCUT2D eigenvalue weighted by Crippen LogP contribution is -2.30. The minimum atomic E-state index is 0.206. The maximum absolute atomic E-state index is 9.86. The number of aliphatic hydroxyl groups is 1. The highest BCUT2D eigenvalue weighted by Gasteiger charge is 2.09. The smallest absolute Gasteiger partial charge is 0.342 e. The summed E-state index contributed by atoms with van der Waals surface area (Å²) in [4.78, 5) is 15.6. The van der Waals surface area contributed by atoms with Crippen LogP contribution in [0.25, 0.3) is 0 Å². The SMILES string of the molecule is CO/[N+](=N\N=O)N(C)CCCCCO. The average Bonchev–Trinajstić information content (AvgIpc) is 2.20. The molecular formula is C7H17N4O3+. The van der Waals surface area contributed by atoms with Gasteiger partial charge in [-0.1, -0.05) is 0 Å². The van der Waals surface area contributed by atoms with Gasteiger partial charge in [-0.2, -0.15) is 5.01 Å². The van der Waals surface area contributed by atoms with Gasteiger partial charge in [-0.3, -0.25) is 0 Å². The van der Waals surface area contributed by atoms with Crippen LogP contribution >= 0.6 is 0 Å². The van der Waals surface area contributed by atoms with Crippen LogP contribution in [0.4, 0.5) is 0 Å². The Balaban J connectivity index is 3.75. The molecule has 0 aliphatic carbocycles. The van der Waals surface area contributed by atoms with E-state index in [0.29, 0.717) is 6.54 Å². The van der Waals surface area contributed by atoms with Crippen LogP contribution in [0.2, 0.25) is 0 Å². The van der Waals surface area contributed by atoms with Crippen LogP contribution in [0.15, 0.2) is 10.5 Å². The Labute approximate surface area is 82.8 Å². The Kier molecular flexibility index (Phi) is 7.62. The van der Waals surface area contributed by atoms with Crippen LogP contribution in [0.5, 0.6) is 0 Å². The third kappa shape index (κ3) is 5.41. The normalized spacial score (nSPS) is 11.2. The van der Waals surface area contributed by atoms with Gasteiger partial charge in [0, 0.05) is 18.6 Å². The maximum Gasteiger partial charge on any atom is 0.342 e. The van der Waals surface area contributed by atoms with E-state index in [1.807, 2.05) is 0 Å². The molecule has 0 heterocycles. The largest absolute Gasteiger partial charge is 0.396 e. The zero-order valence-electron chi connectivity index (χ0n) is 8.59. The zero-order chi connectivity index (χ0) is 10.8. The Morgan fingerprint density at radius 2 is 2.14 bits per heavy atom. The zero-order valence-corrected chi connectivity index (χ0v) is 8.59. The molecule has 0 fully saturated rings. The summed E-state index contributed by atoms with van der Waals surface area (Å²) in [5.41, 5.74) is 0. The van der Waals surface area contributed by atoms with Crippen molar-refractivity contribution in [1.82, 2.24) is 5.01 Å². The minimum absolute atomic E-state index is 0.206. The second-order valence-corrected chi connectivity index (χ2v) is 2.77. The molecule has 14 heavy (non-hydrogen) atoms. The van der Waals surface area contributed by atoms with Crippen molar-refractivity contribution in [2.45, 2.75) is 19.3 Å². The van der Waals surface area contributed by atoms with Crippen molar-refractivity contribution in [2.24, 2.45) is 10.5 Å². The molecule has 0 atom stereocenters. The molecule has 0 aliphatic rings. The van der Waals surface area contributed by atoms with Gasteiger partial charge in [0.1, 0.15) is 12.1 Å². The summed E-state index contributed by atoms with van der Waals surface area (Å²) in [6.45, 7) is 0.894. The summed E-state index contributed by atoms with van der Waals surface area (Å²) in [6.07, 6.45) is 2.60. The Bertz CT molecular complexity index is 186. The second kappa shape index (κ2) is 8.36. The van der Waals surface area contributed by atoms with E-state index in [1.165, 1.54) is 7.11 Å². The molecule has 0 saturated carbocycles. The lowest BCUT2D eigenvalue weighted by atomic mass is 10.2. The summed E-state index contributed by atoms with van der Waals surface area (Å²) >= 11 is 0. The van der Waals surface area contributed by atoms with Crippen LogP contribution in [-0.2, 0) is 4.84 Å². The highest BCUT2D eigenvalue weighted by molar-refractivity contribution is 4.41. The highest BCUT2D eigenvalue weighted by Crippen LogP contribution is 1.98. The standard InChI is InChI=1S/C7H17N4O3/c1-10(6-4-3-5-7-12)11(14-2)8-9-13/h12H,3-7H2,1-2H3/q+1. The van der Waals surface area contributed by atoms with E-state index in [2.05, 4.69) is 10.5 Å². The van der Waals surface area contributed by atoms with Gasteiger partial charge >= 0.3 is 5.29 Å². The van der Waals surface area contributed by atoms with Crippen molar-refractivity contribution in [3.63, 3.8) is 0 Å². The fourth-order valence-corrected chi connectivity index (χ4v) is 0.990. The highest BCUT2D eigenvalue weighted by atomic mass is 16.7. The number of aliphatic hydroxyl groups excluding tert-OH is 1. The monoisotopic (exact) mass is 205 g/mol. The van der Waals surface area contributed by atoms with Crippen LogP contribution in [0.1, 0.15) is 19.3 Å². The van der Waals surface area contributed by atoms with Crippen molar-refractivity contribution < 1.29 is 14.9 Å². The number of nitroso groups, excluding NO2 is 1. The van der Waals surface area contributed by atoms with Gasteiger partial charge in [0.25, 0.3) is 5.22 Å². The lowest BCUT2D eigenvalue weighted by molar-refractivity contribution is -0.930. The second-order valence-electron chi connectivity index (χ2n) is 2.77. The van der Waals surface area contributed by atoms with Crippen molar-refractivity contribution in [3.8, 4) is 0 Å². The fourth-order valence-electron chi connectivity index (χ4n) is 0.990. The van der Waals surface area contributed by atoms with Gasteiger partial charge in [0.15, 0.2) is 0 Å². The van der Waals surface area contributed by atoms with Crippen LogP contribution in [-0.4, -0.2) is 42.4 Å². The molecule has 0 saturated heterocycles. The number of nitrogens with zero attached hydrogens (tertiary/aromatic N) is 4. The molecule has 82 valence electrons. The van der Waals surface area contributed by atoms with E-state index in [1.54, 1.807) is 12.1 Å². The molecule has 0 rings (SSSR count). The summed E-state index contributed by atoms with van der Waals surface area (Å²) in [6, 6.07) is 0. The van der Waals surface area contributed by atoms with E-state index in [4.69, 9.17) is 9.94 Å². The van der Waals surface area contributed by atoms with Crippen molar-refractivity contribution >= 4 is 0 Å². The number of hydrazine groups is 1. The first-order valence-electron chi connectivity index (χ1n) is 4.45. The number of hydrogen-bond donors (Lipinski definition) is 1. The molecule has 0 amide bonds. The quantitative estimate of drug-likeness (QED) is 0.208. The molecule has 0 radical (unpaired) electrons. The molecule has 7 heteroatoms. The molecule has 0 bridgehead atoms. The molecule has 0 aromatic rings. The van der Waals surface area contributed by atoms with E-state index in [0.717, 1.165) is 24.2 Å². The van der Waals surface area contributed by atoms with Crippen molar-refractivity contribution in [3.05, 3.63) is 4.91 Å².